The van der Waals surface area contributed by atoms with E-state index in [-0.39, 0.29) is 24.4 Å². The molecule has 6 amide bonds. The van der Waals surface area contributed by atoms with Gasteiger partial charge in [-0.15, -0.1) is 0 Å². The SMILES string of the molecule is COc1cc(OC)c(CN2C(=O)c3ccccc3C2=O)cc1/C=C1/C(=O)NC(=O)N(Cc2ccccc2)C1=O. The lowest BCUT2D eigenvalue weighted by Gasteiger charge is -2.26. The predicted octanol–water partition coefficient (Wildman–Crippen LogP) is 3.16. The summed E-state index contributed by atoms with van der Waals surface area (Å²) >= 11 is 0. The van der Waals surface area contributed by atoms with Crippen LogP contribution in [-0.2, 0) is 22.7 Å². The Kier molecular flexibility index (Phi) is 6.68. The van der Waals surface area contributed by atoms with Gasteiger partial charge in [0.2, 0.25) is 0 Å². The van der Waals surface area contributed by atoms with E-state index in [9.17, 15) is 24.0 Å². The molecule has 10 nitrogen and oxygen atoms in total. The number of imide groups is 3. The van der Waals surface area contributed by atoms with Gasteiger partial charge in [-0.3, -0.25) is 34.3 Å². The maximum Gasteiger partial charge on any atom is 0.331 e. The number of nitrogens with one attached hydrogen (secondary N) is 1. The Labute approximate surface area is 223 Å². The van der Waals surface area contributed by atoms with Gasteiger partial charge in [0.15, 0.2) is 0 Å². The van der Waals surface area contributed by atoms with Crippen LogP contribution in [0.2, 0.25) is 0 Å². The molecule has 39 heavy (non-hydrogen) atoms. The summed E-state index contributed by atoms with van der Waals surface area (Å²) in [5.74, 6) is -1.89. The highest BCUT2D eigenvalue weighted by molar-refractivity contribution is 6.31. The van der Waals surface area contributed by atoms with Crippen LogP contribution in [0.25, 0.3) is 6.08 Å². The zero-order chi connectivity index (χ0) is 27.7. The van der Waals surface area contributed by atoms with Crippen LogP contribution in [0.4, 0.5) is 4.79 Å². The molecule has 196 valence electrons. The highest BCUT2D eigenvalue weighted by Crippen LogP contribution is 2.34. The van der Waals surface area contributed by atoms with Gasteiger partial charge in [-0.05, 0) is 29.8 Å². The van der Waals surface area contributed by atoms with Gasteiger partial charge in [0.05, 0.1) is 38.4 Å². The van der Waals surface area contributed by atoms with Crippen molar-refractivity contribution in [2.45, 2.75) is 13.1 Å². The lowest BCUT2D eigenvalue weighted by atomic mass is 10.0. The number of fused-ring (bicyclic) bond motifs is 1. The Morgan fingerprint density at radius 2 is 1.33 bits per heavy atom. The molecule has 10 heteroatoms. The van der Waals surface area contributed by atoms with Gasteiger partial charge >= 0.3 is 6.03 Å². The van der Waals surface area contributed by atoms with Crippen LogP contribution >= 0.6 is 0 Å². The standard InChI is InChI=1S/C29H23N3O7/c1-38-23-14-24(39-2)19(16-31-26(34)20-10-6-7-11-21(20)27(31)35)12-18(23)13-22-25(33)30-29(37)32(28(22)36)15-17-8-4-3-5-9-17/h3-14H,15-16H2,1-2H3,(H,30,33,37)/b22-13-. The van der Waals surface area contributed by atoms with E-state index < -0.39 is 29.7 Å². The maximum atomic E-state index is 13.3. The number of carbonyl (C=O) groups excluding carboxylic acids is 5. The molecule has 0 spiro atoms. The molecule has 2 heterocycles. The second-order valence-electron chi connectivity index (χ2n) is 8.84. The zero-order valence-corrected chi connectivity index (χ0v) is 21.1. The van der Waals surface area contributed by atoms with Crippen molar-refractivity contribution in [2.24, 2.45) is 0 Å². The van der Waals surface area contributed by atoms with Gasteiger partial charge in [0, 0.05) is 17.2 Å². The van der Waals surface area contributed by atoms with E-state index >= 15 is 0 Å². The van der Waals surface area contributed by atoms with Gasteiger partial charge in [0.1, 0.15) is 17.1 Å². The summed E-state index contributed by atoms with van der Waals surface area (Å²) in [5, 5.41) is 2.20. The number of urea groups is 1. The quantitative estimate of drug-likeness (QED) is 0.286. The molecule has 0 aromatic heterocycles. The van der Waals surface area contributed by atoms with Crippen LogP contribution in [0.5, 0.6) is 11.5 Å². The van der Waals surface area contributed by atoms with E-state index in [2.05, 4.69) is 5.32 Å². The molecule has 0 aliphatic carbocycles. The molecule has 3 aromatic rings. The highest BCUT2D eigenvalue weighted by atomic mass is 16.5. The molecular weight excluding hydrogens is 502 g/mol. The van der Waals surface area contributed by atoms with Crippen molar-refractivity contribution in [3.8, 4) is 11.5 Å². The van der Waals surface area contributed by atoms with Gasteiger partial charge in [0.25, 0.3) is 23.6 Å². The largest absolute Gasteiger partial charge is 0.496 e. The van der Waals surface area contributed by atoms with Crippen LogP contribution in [0.1, 0.15) is 37.4 Å². The van der Waals surface area contributed by atoms with Gasteiger partial charge in [-0.1, -0.05) is 42.5 Å². The molecule has 0 bridgehead atoms. The lowest BCUT2D eigenvalue weighted by molar-refractivity contribution is -0.130. The minimum Gasteiger partial charge on any atom is -0.496 e. The Balaban J connectivity index is 1.50. The van der Waals surface area contributed by atoms with Crippen molar-refractivity contribution in [2.75, 3.05) is 14.2 Å². The molecule has 0 unspecified atom stereocenters. The molecular formula is C29H23N3O7. The molecule has 0 radical (unpaired) electrons. The van der Waals surface area contributed by atoms with Crippen molar-refractivity contribution in [1.29, 1.82) is 0 Å². The first-order chi connectivity index (χ1) is 18.8. The average molecular weight is 526 g/mol. The van der Waals surface area contributed by atoms with Crippen LogP contribution in [0.15, 0.2) is 72.3 Å². The number of barbiturate groups is 1. The molecule has 0 atom stereocenters. The van der Waals surface area contributed by atoms with Crippen LogP contribution in [-0.4, -0.2) is 53.7 Å². The van der Waals surface area contributed by atoms with Crippen molar-refractivity contribution in [1.82, 2.24) is 15.1 Å². The second-order valence-corrected chi connectivity index (χ2v) is 8.84. The molecule has 5 rings (SSSR count). The minimum atomic E-state index is -0.853. The third kappa shape index (κ3) is 4.63. The normalized spacial score (nSPS) is 16.1. The van der Waals surface area contributed by atoms with E-state index in [1.807, 2.05) is 6.07 Å². The molecule has 3 aromatic carbocycles. The number of benzene rings is 3. The number of amides is 6. The van der Waals surface area contributed by atoms with Crippen molar-refractivity contribution in [3.63, 3.8) is 0 Å². The first-order valence-electron chi connectivity index (χ1n) is 11.9. The van der Waals surface area contributed by atoms with Gasteiger partial charge in [-0.2, -0.15) is 0 Å². The van der Waals surface area contributed by atoms with Gasteiger partial charge in [-0.25, -0.2) is 4.79 Å². The Morgan fingerprint density at radius 1 is 0.718 bits per heavy atom. The summed E-state index contributed by atoms with van der Waals surface area (Å²) in [7, 11) is 2.85. The Bertz CT molecular complexity index is 1530. The molecule has 1 saturated heterocycles. The number of nitrogens with zero attached hydrogens (tertiary/aromatic N) is 2. The van der Waals surface area contributed by atoms with Crippen LogP contribution in [0, 0.1) is 0 Å². The second kappa shape index (κ2) is 10.3. The topological polar surface area (TPSA) is 122 Å². The summed E-state index contributed by atoms with van der Waals surface area (Å²) in [6.07, 6.45) is 1.31. The molecule has 0 saturated carbocycles. The number of hydrogen-bond donors (Lipinski definition) is 1. The Hall–Kier alpha value is -5.25. The fourth-order valence-corrected chi connectivity index (χ4v) is 4.54. The van der Waals surface area contributed by atoms with E-state index in [0.717, 1.165) is 9.80 Å². The van der Waals surface area contributed by atoms with Crippen molar-refractivity contribution < 1.29 is 33.4 Å². The summed E-state index contributed by atoms with van der Waals surface area (Å²) < 4.78 is 10.9. The third-order valence-corrected chi connectivity index (χ3v) is 6.51. The number of ether oxygens (including phenoxy) is 2. The molecule has 1 fully saturated rings. The molecule has 1 N–H and O–H groups in total. The monoisotopic (exact) mass is 525 g/mol. The fraction of sp³-hybridized carbons (Fsp3) is 0.138. The number of hydrogen-bond acceptors (Lipinski definition) is 7. The summed E-state index contributed by atoms with van der Waals surface area (Å²) in [5.41, 5.74) is 1.81. The van der Waals surface area contributed by atoms with Gasteiger partial charge < -0.3 is 9.47 Å². The van der Waals surface area contributed by atoms with Crippen LogP contribution < -0.4 is 14.8 Å². The molecule has 2 aliphatic rings. The van der Waals surface area contributed by atoms with Crippen molar-refractivity contribution in [3.05, 3.63) is 100 Å². The number of rotatable bonds is 7. The fourth-order valence-electron chi connectivity index (χ4n) is 4.54. The first kappa shape index (κ1) is 25.4. The number of methoxy groups -OCH3 is 2. The first-order valence-corrected chi connectivity index (χ1v) is 11.9. The lowest BCUT2D eigenvalue weighted by Crippen LogP contribution is -2.53. The number of carbonyl (C=O) groups is 5. The highest BCUT2D eigenvalue weighted by Gasteiger charge is 2.37. The maximum absolute atomic E-state index is 13.3. The zero-order valence-electron chi connectivity index (χ0n) is 21.1. The summed E-state index contributed by atoms with van der Waals surface area (Å²) in [6.45, 7) is -0.144. The van der Waals surface area contributed by atoms with Crippen LogP contribution in [0.3, 0.4) is 0 Å². The van der Waals surface area contributed by atoms with E-state index in [1.54, 1.807) is 54.6 Å². The summed E-state index contributed by atoms with van der Waals surface area (Å²) in [4.78, 5) is 66.3. The summed E-state index contributed by atoms with van der Waals surface area (Å²) in [6, 6.07) is 17.7. The van der Waals surface area contributed by atoms with Crippen molar-refractivity contribution >= 4 is 35.7 Å². The third-order valence-electron chi connectivity index (χ3n) is 6.51. The van der Waals surface area contributed by atoms with E-state index in [1.165, 1.54) is 26.4 Å². The smallest absolute Gasteiger partial charge is 0.331 e. The minimum absolute atomic E-state index is 0.0269. The van der Waals surface area contributed by atoms with E-state index in [4.69, 9.17) is 9.47 Å². The molecule has 2 aliphatic heterocycles. The predicted molar refractivity (Wildman–Crippen MR) is 139 cm³/mol. The average Bonchev–Trinajstić information content (AvgIpc) is 3.18. The Morgan fingerprint density at radius 3 is 1.95 bits per heavy atom. The van der Waals surface area contributed by atoms with E-state index in [0.29, 0.717) is 33.6 Å².